The van der Waals surface area contributed by atoms with Crippen molar-refractivity contribution in [2.24, 2.45) is 0 Å². The molecule has 0 bridgehead atoms. The smallest absolute Gasteiger partial charge is 0.339 e. The first-order valence-corrected chi connectivity index (χ1v) is 9.22. The van der Waals surface area contributed by atoms with Crippen LogP contribution in [0.25, 0.3) is 11.3 Å². The van der Waals surface area contributed by atoms with Gasteiger partial charge in [0.05, 0.1) is 12.4 Å². The summed E-state index contributed by atoms with van der Waals surface area (Å²) in [5.41, 5.74) is 2.45. The van der Waals surface area contributed by atoms with Crippen LogP contribution in [0.15, 0.2) is 65.3 Å². The maximum Gasteiger partial charge on any atom is 0.339 e. The van der Waals surface area contributed by atoms with Crippen molar-refractivity contribution in [1.29, 1.82) is 0 Å². The average Bonchev–Trinajstić information content (AvgIpc) is 3.18. The van der Waals surface area contributed by atoms with Gasteiger partial charge in [0.15, 0.2) is 0 Å². The van der Waals surface area contributed by atoms with Crippen LogP contribution in [-0.4, -0.2) is 35.8 Å². The fourth-order valence-corrected chi connectivity index (χ4v) is 3.04. The fourth-order valence-electron chi connectivity index (χ4n) is 2.84. The summed E-state index contributed by atoms with van der Waals surface area (Å²) in [4.78, 5) is 11.2. The van der Waals surface area contributed by atoms with E-state index in [0.717, 1.165) is 11.3 Å². The largest absolute Gasteiger partial charge is 0.478 e. The number of carboxylic acids is 1. The van der Waals surface area contributed by atoms with Crippen LogP contribution >= 0.6 is 11.6 Å². The standard InChI is InChI=1S/C21H21ClN2O4/c22-16-5-1-3-14(11-16)19(25)13-23-8-9-24-17-6-2-4-15(12-17)20-18(21(26)27)7-10-28-20/h1-7,10-12,19,23-25H,8-9,13H2,(H,26,27). The Kier molecular flexibility index (Phi) is 6.71. The van der Waals surface area contributed by atoms with Gasteiger partial charge in [-0.05, 0) is 35.9 Å². The number of halogens is 1. The van der Waals surface area contributed by atoms with Crippen molar-refractivity contribution in [3.05, 3.63) is 77.0 Å². The number of aromatic carboxylic acids is 1. The van der Waals surface area contributed by atoms with Gasteiger partial charge < -0.3 is 25.3 Å². The summed E-state index contributed by atoms with van der Waals surface area (Å²) in [6, 6.07) is 16.0. The Hall–Kier alpha value is -2.80. The summed E-state index contributed by atoms with van der Waals surface area (Å²) in [5.74, 6) is -0.691. The molecule has 1 unspecified atom stereocenters. The minimum absolute atomic E-state index is 0.133. The van der Waals surface area contributed by atoms with E-state index < -0.39 is 12.1 Å². The Bertz CT molecular complexity index is 941. The highest BCUT2D eigenvalue weighted by atomic mass is 35.5. The number of benzene rings is 2. The van der Waals surface area contributed by atoms with Crippen LogP contribution in [0.1, 0.15) is 22.0 Å². The Morgan fingerprint density at radius 3 is 2.71 bits per heavy atom. The molecule has 4 N–H and O–H groups in total. The summed E-state index contributed by atoms with van der Waals surface area (Å²) in [6.45, 7) is 1.69. The molecular weight excluding hydrogens is 380 g/mol. The molecule has 0 aliphatic rings. The maximum atomic E-state index is 11.2. The Morgan fingerprint density at radius 1 is 1.11 bits per heavy atom. The molecule has 28 heavy (non-hydrogen) atoms. The molecule has 3 aromatic rings. The molecule has 0 aliphatic heterocycles. The summed E-state index contributed by atoms with van der Waals surface area (Å²) >= 11 is 5.94. The monoisotopic (exact) mass is 400 g/mol. The number of hydrogen-bond donors (Lipinski definition) is 4. The SMILES string of the molecule is O=C(O)c1ccoc1-c1cccc(NCCNCC(O)c2cccc(Cl)c2)c1. The molecule has 0 saturated heterocycles. The highest BCUT2D eigenvalue weighted by Crippen LogP contribution is 2.27. The number of rotatable bonds is 9. The number of aliphatic hydroxyl groups excluding tert-OH is 1. The second-order valence-corrected chi connectivity index (χ2v) is 6.69. The molecule has 1 aromatic heterocycles. The van der Waals surface area contributed by atoms with Gasteiger partial charge in [-0.3, -0.25) is 0 Å². The molecule has 0 spiro atoms. The molecule has 3 rings (SSSR count). The fraction of sp³-hybridized carbons (Fsp3) is 0.190. The first kappa shape index (κ1) is 19.9. The molecule has 7 heteroatoms. The normalized spacial score (nSPS) is 11.9. The predicted molar refractivity (Wildman–Crippen MR) is 109 cm³/mol. The number of aliphatic hydroxyl groups is 1. The van der Waals surface area contributed by atoms with Crippen LogP contribution in [0, 0.1) is 0 Å². The van der Waals surface area contributed by atoms with Gasteiger partial charge in [-0.25, -0.2) is 4.79 Å². The van der Waals surface area contributed by atoms with Crippen LogP contribution in [-0.2, 0) is 0 Å². The molecule has 0 amide bonds. The lowest BCUT2D eigenvalue weighted by molar-refractivity contribution is 0.0697. The van der Waals surface area contributed by atoms with E-state index in [2.05, 4.69) is 10.6 Å². The van der Waals surface area contributed by atoms with E-state index >= 15 is 0 Å². The van der Waals surface area contributed by atoms with Gasteiger partial charge in [-0.1, -0.05) is 35.9 Å². The number of nitrogens with one attached hydrogen (secondary N) is 2. The van der Waals surface area contributed by atoms with Crippen molar-refractivity contribution >= 4 is 23.3 Å². The van der Waals surface area contributed by atoms with Gasteiger partial charge in [0, 0.05) is 35.9 Å². The van der Waals surface area contributed by atoms with Crippen molar-refractivity contribution in [1.82, 2.24) is 5.32 Å². The minimum Gasteiger partial charge on any atom is -0.478 e. The highest BCUT2D eigenvalue weighted by molar-refractivity contribution is 6.30. The third-order valence-electron chi connectivity index (χ3n) is 4.22. The number of furan rings is 1. The molecule has 0 fully saturated rings. The maximum absolute atomic E-state index is 11.2. The Morgan fingerprint density at radius 2 is 1.93 bits per heavy atom. The second kappa shape index (κ2) is 9.41. The molecule has 1 heterocycles. The molecule has 2 aromatic carbocycles. The first-order chi connectivity index (χ1) is 13.5. The van der Waals surface area contributed by atoms with E-state index in [4.69, 9.17) is 16.0 Å². The van der Waals surface area contributed by atoms with Gasteiger partial charge in [0.2, 0.25) is 0 Å². The van der Waals surface area contributed by atoms with E-state index in [0.29, 0.717) is 36.0 Å². The number of carbonyl (C=O) groups is 1. The number of carboxylic acid groups (broad SMARTS) is 1. The van der Waals surface area contributed by atoms with Gasteiger partial charge in [0.25, 0.3) is 0 Å². The minimum atomic E-state index is -1.02. The van der Waals surface area contributed by atoms with Crippen molar-refractivity contribution in [2.45, 2.75) is 6.10 Å². The Balaban J connectivity index is 1.49. The third kappa shape index (κ3) is 5.13. The molecule has 6 nitrogen and oxygen atoms in total. The van der Waals surface area contributed by atoms with Gasteiger partial charge >= 0.3 is 5.97 Å². The molecule has 0 radical (unpaired) electrons. The number of anilines is 1. The molecule has 0 saturated carbocycles. The Labute approximate surface area is 167 Å². The van der Waals surface area contributed by atoms with E-state index in [1.807, 2.05) is 30.3 Å². The lowest BCUT2D eigenvalue weighted by atomic mass is 10.1. The zero-order chi connectivity index (χ0) is 19.9. The molecular formula is C21H21ClN2O4. The van der Waals surface area contributed by atoms with Crippen LogP contribution in [0.3, 0.4) is 0 Å². The summed E-state index contributed by atoms with van der Waals surface area (Å²) < 4.78 is 5.33. The topological polar surface area (TPSA) is 94.7 Å². The second-order valence-electron chi connectivity index (χ2n) is 6.25. The lowest BCUT2D eigenvalue weighted by Gasteiger charge is -2.13. The van der Waals surface area contributed by atoms with Gasteiger partial charge in [0.1, 0.15) is 11.3 Å². The van der Waals surface area contributed by atoms with Crippen LogP contribution in [0.2, 0.25) is 5.02 Å². The predicted octanol–water partition coefficient (Wildman–Crippen LogP) is 4.03. The van der Waals surface area contributed by atoms with E-state index in [9.17, 15) is 15.0 Å². The zero-order valence-electron chi connectivity index (χ0n) is 15.1. The zero-order valence-corrected chi connectivity index (χ0v) is 15.8. The van der Waals surface area contributed by atoms with Crippen LogP contribution < -0.4 is 10.6 Å². The van der Waals surface area contributed by atoms with Crippen molar-refractivity contribution in [2.75, 3.05) is 25.0 Å². The van der Waals surface area contributed by atoms with Crippen LogP contribution in [0.5, 0.6) is 0 Å². The van der Waals surface area contributed by atoms with Gasteiger partial charge in [-0.15, -0.1) is 0 Å². The highest BCUT2D eigenvalue weighted by Gasteiger charge is 2.15. The molecule has 1 atom stereocenters. The van der Waals surface area contributed by atoms with Crippen molar-refractivity contribution in [3.8, 4) is 11.3 Å². The van der Waals surface area contributed by atoms with E-state index in [-0.39, 0.29) is 5.56 Å². The van der Waals surface area contributed by atoms with Crippen LogP contribution in [0.4, 0.5) is 5.69 Å². The van der Waals surface area contributed by atoms with E-state index in [1.54, 1.807) is 18.2 Å². The summed E-state index contributed by atoms with van der Waals surface area (Å²) in [5, 5.41) is 26.4. The number of hydrogen-bond acceptors (Lipinski definition) is 5. The lowest BCUT2D eigenvalue weighted by Crippen LogP contribution is -2.26. The van der Waals surface area contributed by atoms with Crippen molar-refractivity contribution in [3.63, 3.8) is 0 Å². The average molecular weight is 401 g/mol. The first-order valence-electron chi connectivity index (χ1n) is 8.84. The molecule has 146 valence electrons. The van der Waals surface area contributed by atoms with E-state index in [1.165, 1.54) is 12.3 Å². The van der Waals surface area contributed by atoms with Crippen molar-refractivity contribution < 1.29 is 19.4 Å². The summed E-state index contributed by atoms with van der Waals surface area (Å²) in [6.07, 6.45) is 0.740. The molecule has 0 aliphatic carbocycles. The van der Waals surface area contributed by atoms with Gasteiger partial charge in [-0.2, -0.15) is 0 Å². The summed E-state index contributed by atoms with van der Waals surface area (Å²) in [7, 11) is 0. The quantitative estimate of drug-likeness (QED) is 0.405. The third-order valence-corrected chi connectivity index (χ3v) is 4.46.